The van der Waals surface area contributed by atoms with Crippen LogP contribution < -0.4 is 5.32 Å². The summed E-state index contributed by atoms with van der Waals surface area (Å²) in [6.07, 6.45) is 1.76. The lowest BCUT2D eigenvalue weighted by Crippen LogP contribution is -2.55. The molecule has 1 aliphatic heterocycles. The number of nitrogens with zero attached hydrogens (tertiary/aromatic N) is 2. The molecule has 2 heterocycles. The first-order chi connectivity index (χ1) is 7.70. The highest BCUT2D eigenvalue weighted by Crippen LogP contribution is 2.24. The Morgan fingerprint density at radius 2 is 2.53 bits per heavy atom. The molecule has 0 saturated carbocycles. The molecule has 1 saturated heterocycles. The predicted octanol–water partition coefficient (Wildman–Crippen LogP) is 0.984. The summed E-state index contributed by atoms with van der Waals surface area (Å²) in [5.74, 6) is -0.768. The summed E-state index contributed by atoms with van der Waals surface area (Å²) in [5.41, 5.74) is 0. The number of hydrogen-bond acceptors (Lipinski definition) is 5. The first-order valence-corrected chi connectivity index (χ1v) is 6.17. The number of carbonyl (C=O) groups is 1. The molecule has 1 aromatic rings. The molecule has 96 valence electrons. The number of rotatable bonds is 3. The smallest absolute Gasteiger partial charge is 0.322 e. The van der Waals surface area contributed by atoms with Gasteiger partial charge in [-0.25, -0.2) is 4.98 Å². The number of hydrogen-bond donors (Lipinski definition) is 2. The second-order valence-corrected chi connectivity index (χ2v) is 4.77. The molecule has 0 bridgehead atoms. The maximum absolute atomic E-state index is 11.1. The average molecular weight is 278 g/mol. The van der Waals surface area contributed by atoms with Crippen LogP contribution in [0, 0.1) is 0 Å². The van der Waals surface area contributed by atoms with Gasteiger partial charge in [-0.05, 0) is 6.92 Å². The lowest BCUT2D eigenvalue weighted by Gasteiger charge is -2.36. The highest BCUT2D eigenvalue weighted by atomic mass is 35.5. The van der Waals surface area contributed by atoms with E-state index in [1.165, 1.54) is 0 Å². The quantitative estimate of drug-likeness (QED) is 0.862. The van der Waals surface area contributed by atoms with Crippen molar-refractivity contribution in [3.8, 4) is 0 Å². The van der Waals surface area contributed by atoms with E-state index in [9.17, 15) is 4.79 Å². The van der Waals surface area contributed by atoms with Gasteiger partial charge < -0.3 is 10.4 Å². The van der Waals surface area contributed by atoms with E-state index in [0.717, 1.165) is 18.1 Å². The largest absolute Gasteiger partial charge is 0.480 e. The van der Waals surface area contributed by atoms with Gasteiger partial charge in [0.2, 0.25) is 0 Å². The summed E-state index contributed by atoms with van der Waals surface area (Å²) in [6, 6.07) is -0.379. The number of aromatic nitrogens is 1. The Kier molecular flexibility index (Phi) is 5.32. The topological polar surface area (TPSA) is 65.5 Å². The van der Waals surface area contributed by atoms with Gasteiger partial charge in [0.25, 0.3) is 0 Å². The third-order valence-electron chi connectivity index (χ3n) is 2.88. The van der Waals surface area contributed by atoms with Crippen LogP contribution in [0.3, 0.4) is 0 Å². The molecule has 2 N–H and O–H groups in total. The molecule has 0 aliphatic carbocycles. The van der Waals surface area contributed by atoms with E-state index < -0.39 is 12.0 Å². The fourth-order valence-corrected chi connectivity index (χ4v) is 2.71. The van der Waals surface area contributed by atoms with Crippen LogP contribution in [0.4, 0.5) is 0 Å². The highest BCUT2D eigenvalue weighted by molar-refractivity contribution is 7.09. The molecular weight excluding hydrogens is 262 g/mol. The number of halogens is 1. The summed E-state index contributed by atoms with van der Waals surface area (Å²) in [5, 5.41) is 15.2. The molecule has 0 radical (unpaired) electrons. The summed E-state index contributed by atoms with van der Waals surface area (Å²) in [7, 11) is 0. The van der Waals surface area contributed by atoms with E-state index in [0.29, 0.717) is 6.54 Å². The van der Waals surface area contributed by atoms with Crippen molar-refractivity contribution in [1.29, 1.82) is 0 Å². The number of carboxylic acid groups (broad SMARTS) is 1. The summed E-state index contributed by atoms with van der Waals surface area (Å²) < 4.78 is 0. The molecule has 1 fully saturated rings. The number of piperazine rings is 1. The van der Waals surface area contributed by atoms with Crippen LogP contribution in [0.1, 0.15) is 18.0 Å². The number of nitrogens with one attached hydrogen (secondary N) is 1. The Balaban J connectivity index is 0.00000144. The summed E-state index contributed by atoms with van der Waals surface area (Å²) in [6.45, 7) is 4.10. The molecule has 0 spiro atoms. The minimum atomic E-state index is -0.768. The highest BCUT2D eigenvalue weighted by Gasteiger charge is 2.32. The third-order valence-corrected chi connectivity index (χ3v) is 3.82. The molecule has 0 aromatic carbocycles. The maximum Gasteiger partial charge on any atom is 0.322 e. The molecule has 2 atom stereocenters. The second-order valence-electron chi connectivity index (χ2n) is 3.84. The van der Waals surface area contributed by atoms with E-state index >= 15 is 0 Å². The van der Waals surface area contributed by atoms with Gasteiger partial charge >= 0.3 is 5.97 Å². The Hall–Kier alpha value is -0.690. The fraction of sp³-hybridized carbons (Fsp3) is 0.600. The molecule has 2 rings (SSSR count). The van der Waals surface area contributed by atoms with Crippen molar-refractivity contribution in [2.45, 2.75) is 19.0 Å². The van der Waals surface area contributed by atoms with E-state index in [1.807, 2.05) is 17.2 Å². The zero-order valence-electron chi connectivity index (χ0n) is 9.50. The number of carboxylic acids is 1. The van der Waals surface area contributed by atoms with Gasteiger partial charge in [-0.2, -0.15) is 0 Å². The van der Waals surface area contributed by atoms with E-state index in [2.05, 4.69) is 10.3 Å². The molecular formula is C10H16ClN3O2S. The van der Waals surface area contributed by atoms with Crippen LogP contribution in [-0.4, -0.2) is 46.6 Å². The van der Waals surface area contributed by atoms with Crippen molar-refractivity contribution in [3.63, 3.8) is 0 Å². The predicted molar refractivity (Wildman–Crippen MR) is 68.8 cm³/mol. The van der Waals surface area contributed by atoms with Crippen molar-refractivity contribution in [3.05, 3.63) is 16.6 Å². The van der Waals surface area contributed by atoms with Gasteiger partial charge in [0.05, 0.1) is 6.04 Å². The maximum atomic E-state index is 11.1. The minimum absolute atomic E-state index is 0. The van der Waals surface area contributed by atoms with Gasteiger partial charge in [-0.1, -0.05) is 0 Å². The Bertz CT molecular complexity index is 360. The van der Waals surface area contributed by atoms with Crippen LogP contribution in [0.2, 0.25) is 0 Å². The zero-order valence-corrected chi connectivity index (χ0v) is 11.1. The standard InChI is InChI=1S/C10H15N3O2S.ClH/c1-7(9-12-3-5-16-9)13-4-2-11-6-8(13)10(14)15;/h3,5,7-8,11H,2,4,6H2,1H3,(H,14,15);1H. The van der Waals surface area contributed by atoms with Gasteiger partial charge in [0.1, 0.15) is 11.0 Å². The van der Waals surface area contributed by atoms with Crippen molar-refractivity contribution >= 4 is 29.7 Å². The lowest BCUT2D eigenvalue weighted by atomic mass is 10.1. The molecule has 17 heavy (non-hydrogen) atoms. The molecule has 1 aromatic heterocycles. The second kappa shape index (κ2) is 6.30. The van der Waals surface area contributed by atoms with Crippen molar-refractivity contribution in [2.75, 3.05) is 19.6 Å². The van der Waals surface area contributed by atoms with Gasteiger partial charge in [0, 0.05) is 31.2 Å². The molecule has 2 unspecified atom stereocenters. The van der Waals surface area contributed by atoms with Gasteiger partial charge in [0.15, 0.2) is 0 Å². The Morgan fingerprint density at radius 1 is 1.76 bits per heavy atom. The van der Waals surface area contributed by atoms with Crippen molar-refractivity contribution in [2.24, 2.45) is 0 Å². The third kappa shape index (κ3) is 3.16. The number of aliphatic carboxylic acids is 1. The molecule has 5 nitrogen and oxygen atoms in total. The van der Waals surface area contributed by atoms with E-state index in [-0.39, 0.29) is 18.4 Å². The van der Waals surface area contributed by atoms with Crippen LogP contribution in [0.25, 0.3) is 0 Å². The molecule has 7 heteroatoms. The molecule has 0 amide bonds. The summed E-state index contributed by atoms with van der Waals surface area (Å²) >= 11 is 1.57. The van der Waals surface area contributed by atoms with Crippen LogP contribution in [0.15, 0.2) is 11.6 Å². The van der Waals surface area contributed by atoms with Gasteiger partial charge in [-0.15, -0.1) is 23.7 Å². The lowest BCUT2D eigenvalue weighted by molar-refractivity contribution is -0.145. The SMILES string of the molecule is CC(c1nccs1)N1CCNCC1C(=O)O.Cl. The van der Waals surface area contributed by atoms with E-state index in [1.54, 1.807) is 17.5 Å². The summed E-state index contributed by atoms with van der Waals surface area (Å²) in [4.78, 5) is 17.4. The monoisotopic (exact) mass is 277 g/mol. The van der Waals surface area contributed by atoms with Crippen molar-refractivity contribution in [1.82, 2.24) is 15.2 Å². The average Bonchev–Trinajstić information content (AvgIpc) is 2.81. The van der Waals surface area contributed by atoms with E-state index in [4.69, 9.17) is 5.11 Å². The Morgan fingerprint density at radius 3 is 3.12 bits per heavy atom. The fourth-order valence-electron chi connectivity index (χ4n) is 2.00. The first kappa shape index (κ1) is 14.4. The van der Waals surface area contributed by atoms with Gasteiger partial charge in [-0.3, -0.25) is 9.69 Å². The van der Waals surface area contributed by atoms with Crippen LogP contribution in [-0.2, 0) is 4.79 Å². The zero-order chi connectivity index (χ0) is 11.5. The van der Waals surface area contributed by atoms with Crippen LogP contribution in [0.5, 0.6) is 0 Å². The minimum Gasteiger partial charge on any atom is -0.480 e. The van der Waals surface area contributed by atoms with Crippen molar-refractivity contribution < 1.29 is 9.90 Å². The first-order valence-electron chi connectivity index (χ1n) is 5.29. The van der Waals surface area contributed by atoms with Crippen LogP contribution >= 0.6 is 23.7 Å². The normalized spacial score (nSPS) is 22.8. The molecule has 1 aliphatic rings. The number of thiazole rings is 1. The Labute approximate surface area is 110 Å².